The smallest absolute Gasteiger partial charge is 0.222 e. The van der Waals surface area contributed by atoms with Crippen LogP contribution in [0.5, 0.6) is 0 Å². The molecule has 0 atom stereocenters. The molecule has 0 aromatic heterocycles. The zero-order valence-electron chi connectivity index (χ0n) is 11.0. The Labute approximate surface area is 124 Å². The summed E-state index contributed by atoms with van der Waals surface area (Å²) in [6, 6.07) is 5.74. The Morgan fingerprint density at radius 2 is 1.84 bits per heavy atom. The Balaban J connectivity index is 1.88. The molecule has 0 aliphatic carbocycles. The van der Waals surface area contributed by atoms with Crippen LogP contribution in [0.4, 0.5) is 0 Å². The van der Waals surface area contributed by atoms with E-state index in [4.69, 9.17) is 23.2 Å². The molecule has 2 rings (SSSR count). The zero-order chi connectivity index (χ0) is 13.8. The Bertz CT molecular complexity index is 457. The van der Waals surface area contributed by atoms with E-state index in [9.17, 15) is 4.79 Å². The third kappa shape index (κ3) is 3.85. The highest BCUT2D eigenvalue weighted by molar-refractivity contribution is 6.42. The van der Waals surface area contributed by atoms with Gasteiger partial charge in [-0.05, 0) is 17.7 Å². The molecule has 5 heteroatoms. The quantitative estimate of drug-likeness (QED) is 0.856. The SMILES string of the molecule is CCC(=O)N1CCN(Cc2ccc(Cl)c(Cl)c2)CC1. The van der Waals surface area contributed by atoms with E-state index >= 15 is 0 Å². The molecule has 19 heavy (non-hydrogen) atoms. The first kappa shape index (κ1) is 14.6. The van der Waals surface area contributed by atoms with Crippen molar-refractivity contribution in [1.29, 1.82) is 0 Å². The summed E-state index contributed by atoms with van der Waals surface area (Å²) in [7, 11) is 0. The van der Waals surface area contributed by atoms with Crippen molar-refractivity contribution in [2.24, 2.45) is 0 Å². The molecule has 0 saturated carbocycles. The van der Waals surface area contributed by atoms with Crippen LogP contribution in [0, 0.1) is 0 Å². The number of rotatable bonds is 3. The van der Waals surface area contributed by atoms with Gasteiger partial charge in [0.25, 0.3) is 0 Å². The molecule has 0 bridgehead atoms. The Hall–Kier alpha value is -0.770. The van der Waals surface area contributed by atoms with Crippen LogP contribution in [0.2, 0.25) is 10.0 Å². The Morgan fingerprint density at radius 1 is 1.16 bits per heavy atom. The summed E-state index contributed by atoms with van der Waals surface area (Å²) < 4.78 is 0. The maximum absolute atomic E-state index is 11.6. The number of nitrogens with zero attached hydrogens (tertiary/aromatic N) is 2. The van der Waals surface area contributed by atoms with Crippen molar-refractivity contribution in [3.63, 3.8) is 0 Å². The maximum atomic E-state index is 11.6. The van der Waals surface area contributed by atoms with E-state index in [-0.39, 0.29) is 5.91 Å². The minimum Gasteiger partial charge on any atom is -0.340 e. The van der Waals surface area contributed by atoms with Gasteiger partial charge in [0.1, 0.15) is 0 Å². The normalized spacial score (nSPS) is 16.7. The van der Waals surface area contributed by atoms with E-state index in [0.29, 0.717) is 16.5 Å². The molecule has 1 aliphatic rings. The van der Waals surface area contributed by atoms with Gasteiger partial charge < -0.3 is 4.90 Å². The lowest BCUT2D eigenvalue weighted by atomic mass is 10.2. The number of halogens is 2. The Morgan fingerprint density at radius 3 is 2.42 bits per heavy atom. The van der Waals surface area contributed by atoms with Crippen LogP contribution in [0.3, 0.4) is 0 Å². The molecule has 3 nitrogen and oxygen atoms in total. The number of benzene rings is 1. The molecule has 0 N–H and O–H groups in total. The van der Waals surface area contributed by atoms with E-state index in [1.165, 1.54) is 0 Å². The van der Waals surface area contributed by atoms with Crippen LogP contribution in [0.1, 0.15) is 18.9 Å². The van der Waals surface area contributed by atoms with Gasteiger partial charge in [-0.25, -0.2) is 0 Å². The molecule has 1 amide bonds. The molecule has 1 aromatic rings. The summed E-state index contributed by atoms with van der Waals surface area (Å²) >= 11 is 11.9. The topological polar surface area (TPSA) is 23.6 Å². The molecule has 0 unspecified atom stereocenters. The van der Waals surface area contributed by atoms with Crippen molar-refractivity contribution >= 4 is 29.1 Å². The summed E-state index contributed by atoms with van der Waals surface area (Å²) in [5.74, 6) is 0.245. The van der Waals surface area contributed by atoms with Gasteiger partial charge in [-0.1, -0.05) is 36.2 Å². The lowest BCUT2D eigenvalue weighted by molar-refractivity contribution is -0.132. The first-order chi connectivity index (χ1) is 9.10. The highest BCUT2D eigenvalue weighted by atomic mass is 35.5. The van der Waals surface area contributed by atoms with E-state index in [1.807, 2.05) is 30.0 Å². The van der Waals surface area contributed by atoms with Crippen LogP contribution >= 0.6 is 23.2 Å². The first-order valence-electron chi connectivity index (χ1n) is 6.54. The summed E-state index contributed by atoms with van der Waals surface area (Å²) in [5, 5.41) is 1.18. The van der Waals surface area contributed by atoms with Crippen molar-refractivity contribution in [2.45, 2.75) is 19.9 Å². The average Bonchev–Trinajstić information content (AvgIpc) is 2.43. The van der Waals surface area contributed by atoms with Crippen LogP contribution in [-0.4, -0.2) is 41.9 Å². The largest absolute Gasteiger partial charge is 0.340 e. The lowest BCUT2D eigenvalue weighted by Gasteiger charge is -2.34. The predicted molar refractivity (Wildman–Crippen MR) is 78.6 cm³/mol. The van der Waals surface area contributed by atoms with Gasteiger partial charge in [-0.15, -0.1) is 0 Å². The molecule has 0 radical (unpaired) electrons. The number of piperazine rings is 1. The van der Waals surface area contributed by atoms with Gasteiger partial charge >= 0.3 is 0 Å². The fraction of sp³-hybridized carbons (Fsp3) is 0.500. The van der Waals surface area contributed by atoms with Gasteiger partial charge in [0, 0.05) is 39.1 Å². The van der Waals surface area contributed by atoms with Crippen LogP contribution in [-0.2, 0) is 11.3 Å². The van der Waals surface area contributed by atoms with Crippen molar-refractivity contribution < 1.29 is 4.79 Å². The Kier molecular flexibility index (Phi) is 5.08. The molecule has 1 heterocycles. The van der Waals surface area contributed by atoms with Crippen molar-refractivity contribution in [2.75, 3.05) is 26.2 Å². The van der Waals surface area contributed by atoms with E-state index < -0.39 is 0 Å². The molecule has 1 aliphatic heterocycles. The van der Waals surface area contributed by atoms with E-state index in [2.05, 4.69) is 4.90 Å². The third-order valence-corrected chi connectivity index (χ3v) is 4.16. The van der Waals surface area contributed by atoms with Gasteiger partial charge in [0.05, 0.1) is 10.0 Å². The van der Waals surface area contributed by atoms with Crippen molar-refractivity contribution in [3.8, 4) is 0 Å². The number of hydrogen-bond donors (Lipinski definition) is 0. The van der Waals surface area contributed by atoms with E-state index in [0.717, 1.165) is 38.3 Å². The number of carbonyl (C=O) groups excluding carboxylic acids is 1. The maximum Gasteiger partial charge on any atom is 0.222 e. The molecule has 1 saturated heterocycles. The molecule has 1 fully saturated rings. The molecular weight excluding hydrogens is 283 g/mol. The van der Waals surface area contributed by atoms with Crippen LogP contribution < -0.4 is 0 Å². The monoisotopic (exact) mass is 300 g/mol. The second kappa shape index (κ2) is 6.60. The second-order valence-corrected chi connectivity index (χ2v) is 5.57. The van der Waals surface area contributed by atoms with Crippen molar-refractivity contribution in [3.05, 3.63) is 33.8 Å². The fourth-order valence-electron chi connectivity index (χ4n) is 2.28. The molecular formula is C14H18Cl2N2O. The fourth-order valence-corrected chi connectivity index (χ4v) is 2.60. The molecule has 0 spiro atoms. The minimum absolute atomic E-state index is 0.245. The second-order valence-electron chi connectivity index (χ2n) is 4.76. The lowest BCUT2D eigenvalue weighted by Crippen LogP contribution is -2.48. The highest BCUT2D eigenvalue weighted by Gasteiger charge is 2.19. The van der Waals surface area contributed by atoms with Crippen LogP contribution in [0.15, 0.2) is 18.2 Å². The van der Waals surface area contributed by atoms with Gasteiger partial charge in [-0.2, -0.15) is 0 Å². The third-order valence-electron chi connectivity index (χ3n) is 3.42. The number of carbonyl (C=O) groups is 1. The number of amides is 1. The minimum atomic E-state index is 0.245. The molecule has 1 aromatic carbocycles. The van der Waals surface area contributed by atoms with Gasteiger partial charge in [-0.3, -0.25) is 9.69 Å². The zero-order valence-corrected chi connectivity index (χ0v) is 12.5. The summed E-state index contributed by atoms with van der Waals surface area (Å²) in [6.07, 6.45) is 0.590. The van der Waals surface area contributed by atoms with E-state index in [1.54, 1.807) is 0 Å². The van der Waals surface area contributed by atoms with Crippen molar-refractivity contribution in [1.82, 2.24) is 9.80 Å². The first-order valence-corrected chi connectivity index (χ1v) is 7.30. The average molecular weight is 301 g/mol. The van der Waals surface area contributed by atoms with Gasteiger partial charge in [0.2, 0.25) is 5.91 Å². The number of hydrogen-bond acceptors (Lipinski definition) is 2. The predicted octanol–water partition coefficient (Wildman–Crippen LogP) is 3.05. The van der Waals surface area contributed by atoms with Crippen LogP contribution in [0.25, 0.3) is 0 Å². The van der Waals surface area contributed by atoms with Gasteiger partial charge in [0.15, 0.2) is 0 Å². The highest BCUT2D eigenvalue weighted by Crippen LogP contribution is 2.23. The standard InChI is InChI=1S/C14H18Cl2N2O/c1-2-14(19)18-7-5-17(6-8-18)10-11-3-4-12(15)13(16)9-11/h3-4,9H,2,5-8,10H2,1H3. The molecule has 104 valence electrons. The summed E-state index contributed by atoms with van der Waals surface area (Å²) in [6.45, 7) is 6.20. The summed E-state index contributed by atoms with van der Waals surface area (Å²) in [5.41, 5.74) is 1.16. The summed E-state index contributed by atoms with van der Waals surface area (Å²) in [4.78, 5) is 15.9.